The Morgan fingerprint density at radius 3 is 1.12 bits per heavy atom. The van der Waals surface area contributed by atoms with Gasteiger partial charge in [0.15, 0.2) is 0 Å². The molecule has 3 aliphatic carbocycles. The third kappa shape index (κ3) is 4.24. The van der Waals surface area contributed by atoms with Crippen molar-refractivity contribution in [2.24, 2.45) is 0 Å². The highest BCUT2D eigenvalue weighted by atomic mass is 19.2. The first-order chi connectivity index (χ1) is 11.6. The lowest BCUT2D eigenvalue weighted by Gasteiger charge is -2.42. The van der Waals surface area contributed by atoms with Gasteiger partial charge in [0.25, 0.3) is 0 Å². The van der Waals surface area contributed by atoms with E-state index < -0.39 is 36.8 Å². The maximum Gasteiger partial charge on any atom is 0.118 e. The van der Waals surface area contributed by atoms with Crippen molar-refractivity contribution in [3.63, 3.8) is 0 Å². The SMILES string of the molecule is FC1CCCC(F)C1NC1CCCCC1NC1C(F)CCCC1F. The van der Waals surface area contributed by atoms with Crippen molar-refractivity contribution in [1.29, 1.82) is 0 Å². The van der Waals surface area contributed by atoms with Gasteiger partial charge in [-0.1, -0.05) is 12.8 Å². The van der Waals surface area contributed by atoms with Crippen LogP contribution in [0.1, 0.15) is 64.2 Å². The number of alkyl halides is 4. The predicted octanol–water partition coefficient (Wildman–Crippen LogP) is 3.93. The van der Waals surface area contributed by atoms with Crippen LogP contribution in [0.2, 0.25) is 0 Å². The summed E-state index contributed by atoms with van der Waals surface area (Å²) in [6, 6.07) is -1.78. The summed E-state index contributed by atoms with van der Waals surface area (Å²) in [5.41, 5.74) is 0. The second-order valence-electron chi connectivity index (χ2n) is 7.81. The number of rotatable bonds is 4. The first-order valence-corrected chi connectivity index (χ1v) is 9.64. The van der Waals surface area contributed by atoms with E-state index in [9.17, 15) is 17.6 Å². The molecule has 140 valence electrons. The molecule has 2 N–H and O–H groups in total. The molecule has 0 heterocycles. The largest absolute Gasteiger partial charge is 0.304 e. The van der Waals surface area contributed by atoms with Crippen LogP contribution in [0.25, 0.3) is 0 Å². The highest BCUT2D eigenvalue weighted by molar-refractivity contribution is 4.98. The standard InChI is InChI=1S/C18H30F4N2/c19-11-5-3-6-12(20)17(11)23-15-9-1-2-10-16(15)24-18-13(21)7-4-8-14(18)22/h11-18,23-24H,1-10H2. The van der Waals surface area contributed by atoms with E-state index in [0.717, 1.165) is 25.7 Å². The number of hydrogen-bond acceptors (Lipinski definition) is 2. The topological polar surface area (TPSA) is 24.1 Å². The van der Waals surface area contributed by atoms with Gasteiger partial charge in [-0.2, -0.15) is 0 Å². The third-order valence-electron chi connectivity index (χ3n) is 6.06. The summed E-state index contributed by atoms with van der Waals surface area (Å²) in [7, 11) is 0. The first kappa shape index (κ1) is 18.4. The van der Waals surface area contributed by atoms with Gasteiger partial charge in [0.2, 0.25) is 0 Å². The molecule has 0 amide bonds. The van der Waals surface area contributed by atoms with Gasteiger partial charge in [0.1, 0.15) is 24.7 Å². The Balaban J connectivity index is 1.62. The summed E-state index contributed by atoms with van der Waals surface area (Å²) in [5.74, 6) is 0. The molecule has 0 aromatic carbocycles. The summed E-state index contributed by atoms with van der Waals surface area (Å²) in [5, 5.41) is 6.34. The van der Waals surface area contributed by atoms with Crippen LogP contribution in [-0.2, 0) is 0 Å². The fourth-order valence-electron chi connectivity index (χ4n) is 4.63. The molecule has 0 aliphatic heterocycles. The van der Waals surface area contributed by atoms with E-state index in [1.165, 1.54) is 0 Å². The van der Waals surface area contributed by atoms with Crippen molar-refractivity contribution < 1.29 is 17.6 Å². The van der Waals surface area contributed by atoms with Crippen LogP contribution in [0.4, 0.5) is 17.6 Å². The summed E-state index contributed by atoms with van der Waals surface area (Å²) in [6.07, 6.45) is 1.63. The predicted molar refractivity (Wildman–Crippen MR) is 87.2 cm³/mol. The van der Waals surface area contributed by atoms with Crippen LogP contribution >= 0.6 is 0 Å². The molecule has 2 nitrogen and oxygen atoms in total. The Labute approximate surface area is 142 Å². The highest BCUT2D eigenvalue weighted by Gasteiger charge is 2.40. The molecule has 0 aromatic rings. The monoisotopic (exact) mass is 350 g/mol. The molecule has 0 bridgehead atoms. The van der Waals surface area contributed by atoms with Crippen molar-refractivity contribution in [3.05, 3.63) is 0 Å². The maximum atomic E-state index is 14.1. The lowest BCUT2D eigenvalue weighted by Crippen LogP contribution is -2.62. The van der Waals surface area contributed by atoms with Crippen LogP contribution in [0, 0.1) is 0 Å². The molecule has 24 heavy (non-hydrogen) atoms. The van der Waals surface area contributed by atoms with Crippen LogP contribution in [0.15, 0.2) is 0 Å². The van der Waals surface area contributed by atoms with Crippen LogP contribution in [-0.4, -0.2) is 48.9 Å². The van der Waals surface area contributed by atoms with Crippen LogP contribution in [0.3, 0.4) is 0 Å². The molecule has 3 rings (SSSR count). The zero-order chi connectivity index (χ0) is 17.1. The second kappa shape index (κ2) is 8.35. The average molecular weight is 350 g/mol. The fourth-order valence-corrected chi connectivity index (χ4v) is 4.63. The van der Waals surface area contributed by atoms with Crippen molar-refractivity contribution in [2.45, 2.75) is 113 Å². The Hall–Kier alpha value is -0.360. The molecule has 6 unspecified atom stereocenters. The van der Waals surface area contributed by atoms with Gasteiger partial charge in [-0.15, -0.1) is 0 Å². The molecule has 6 heteroatoms. The Kier molecular flexibility index (Phi) is 6.41. The molecule has 3 aliphatic rings. The van der Waals surface area contributed by atoms with E-state index in [1.54, 1.807) is 0 Å². The quantitative estimate of drug-likeness (QED) is 0.751. The number of nitrogens with one attached hydrogen (secondary N) is 2. The molecule has 0 spiro atoms. The minimum absolute atomic E-state index is 0.111. The first-order valence-electron chi connectivity index (χ1n) is 9.64. The van der Waals surface area contributed by atoms with E-state index in [4.69, 9.17) is 0 Å². The van der Waals surface area contributed by atoms with Crippen molar-refractivity contribution in [1.82, 2.24) is 10.6 Å². The molecule has 3 saturated carbocycles. The van der Waals surface area contributed by atoms with Gasteiger partial charge in [0, 0.05) is 12.1 Å². The maximum absolute atomic E-state index is 14.1. The van der Waals surface area contributed by atoms with Crippen molar-refractivity contribution in [2.75, 3.05) is 0 Å². The number of hydrogen-bond donors (Lipinski definition) is 2. The summed E-state index contributed by atoms with van der Waals surface area (Å²) in [6.45, 7) is 0. The van der Waals surface area contributed by atoms with Crippen molar-refractivity contribution in [3.8, 4) is 0 Å². The van der Waals surface area contributed by atoms with E-state index in [1.807, 2.05) is 0 Å². The van der Waals surface area contributed by atoms with E-state index >= 15 is 0 Å². The normalized spacial score (nSPS) is 47.5. The molecular formula is C18H30F4N2. The van der Waals surface area contributed by atoms with Gasteiger partial charge in [0.05, 0.1) is 12.1 Å². The Bertz CT molecular complexity index is 341. The van der Waals surface area contributed by atoms with Gasteiger partial charge in [-0.25, -0.2) is 17.6 Å². The summed E-state index contributed by atoms with van der Waals surface area (Å²) < 4.78 is 56.5. The zero-order valence-electron chi connectivity index (χ0n) is 14.2. The smallest absolute Gasteiger partial charge is 0.118 e. The number of halogens is 4. The molecule has 0 aromatic heterocycles. The van der Waals surface area contributed by atoms with Gasteiger partial charge in [-0.05, 0) is 51.4 Å². The Morgan fingerprint density at radius 1 is 0.458 bits per heavy atom. The van der Waals surface area contributed by atoms with Gasteiger partial charge >= 0.3 is 0 Å². The van der Waals surface area contributed by atoms with E-state index in [0.29, 0.717) is 38.5 Å². The van der Waals surface area contributed by atoms with Crippen LogP contribution < -0.4 is 10.6 Å². The Morgan fingerprint density at radius 2 is 0.792 bits per heavy atom. The zero-order valence-corrected chi connectivity index (χ0v) is 14.2. The average Bonchev–Trinajstić information content (AvgIpc) is 2.56. The summed E-state index contributed by atoms with van der Waals surface area (Å²) >= 11 is 0. The lowest BCUT2D eigenvalue weighted by molar-refractivity contribution is 0.0648. The minimum Gasteiger partial charge on any atom is -0.304 e. The highest BCUT2D eigenvalue weighted by Crippen LogP contribution is 2.29. The lowest BCUT2D eigenvalue weighted by atomic mass is 9.84. The summed E-state index contributed by atoms with van der Waals surface area (Å²) in [4.78, 5) is 0. The van der Waals surface area contributed by atoms with E-state index in [-0.39, 0.29) is 12.1 Å². The molecule has 0 radical (unpaired) electrons. The minimum atomic E-state index is -1.17. The second-order valence-corrected chi connectivity index (χ2v) is 7.81. The third-order valence-corrected chi connectivity index (χ3v) is 6.06. The van der Waals surface area contributed by atoms with Gasteiger partial charge < -0.3 is 10.6 Å². The molecular weight excluding hydrogens is 320 g/mol. The molecule has 0 saturated heterocycles. The van der Waals surface area contributed by atoms with E-state index in [2.05, 4.69) is 10.6 Å². The molecule has 6 atom stereocenters. The van der Waals surface area contributed by atoms with Crippen LogP contribution in [0.5, 0.6) is 0 Å². The van der Waals surface area contributed by atoms with Crippen molar-refractivity contribution >= 4 is 0 Å². The molecule has 3 fully saturated rings. The fraction of sp³-hybridized carbons (Fsp3) is 1.00. The van der Waals surface area contributed by atoms with Gasteiger partial charge in [-0.3, -0.25) is 0 Å².